The molecule has 1 rings (SSSR count). The number of nitrogens with two attached hydrogens (primary N) is 1. The third-order valence-corrected chi connectivity index (χ3v) is 5.52. The summed E-state index contributed by atoms with van der Waals surface area (Å²) in [6, 6.07) is 0. The van der Waals surface area contributed by atoms with Gasteiger partial charge in [0.05, 0.1) is 0 Å². The van der Waals surface area contributed by atoms with E-state index >= 15 is 0 Å². The van der Waals surface area contributed by atoms with Gasteiger partial charge in [0.2, 0.25) is 0 Å². The van der Waals surface area contributed by atoms with Crippen LogP contribution in [0.2, 0.25) is 0 Å². The molecule has 0 amide bonds. The van der Waals surface area contributed by atoms with Gasteiger partial charge in [-0.15, -0.1) is 23.5 Å². The lowest BCUT2D eigenvalue weighted by atomic mass is 9.99. The van der Waals surface area contributed by atoms with E-state index in [2.05, 4.69) is 13.8 Å². The number of allylic oxidation sites excluding steroid dienone is 1. The molecular formula is C11H21NS2. The molecule has 14 heavy (non-hydrogen) atoms. The SMILES string of the molecule is CC(=C1SCCCS1)C(C)CCCN. The van der Waals surface area contributed by atoms with Crippen LogP contribution in [-0.2, 0) is 0 Å². The molecule has 1 atom stereocenters. The van der Waals surface area contributed by atoms with E-state index in [1.54, 1.807) is 9.81 Å². The Balaban J connectivity index is 2.46. The van der Waals surface area contributed by atoms with Crippen LogP contribution in [0.5, 0.6) is 0 Å². The van der Waals surface area contributed by atoms with Crippen molar-refractivity contribution in [3.8, 4) is 0 Å². The molecule has 1 nitrogen and oxygen atoms in total. The van der Waals surface area contributed by atoms with E-state index in [-0.39, 0.29) is 0 Å². The second kappa shape index (κ2) is 6.81. The summed E-state index contributed by atoms with van der Waals surface area (Å²) >= 11 is 4.09. The summed E-state index contributed by atoms with van der Waals surface area (Å²) in [6.45, 7) is 5.45. The molecule has 0 aromatic carbocycles. The van der Waals surface area contributed by atoms with E-state index in [4.69, 9.17) is 5.73 Å². The fourth-order valence-electron chi connectivity index (χ4n) is 1.50. The van der Waals surface area contributed by atoms with Crippen LogP contribution in [0, 0.1) is 5.92 Å². The second-order valence-corrected chi connectivity index (χ2v) is 6.32. The van der Waals surface area contributed by atoms with Crippen LogP contribution in [0.3, 0.4) is 0 Å². The van der Waals surface area contributed by atoms with E-state index in [9.17, 15) is 0 Å². The summed E-state index contributed by atoms with van der Waals surface area (Å²) in [7, 11) is 0. The number of thioether (sulfide) groups is 2. The molecule has 1 heterocycles. The van der Waals surface area contributed by atoms with Crippen molar-refractivity contribution >= 4 is 23.5 Å². The lowest BCUT2D eigenvalue weighted by Crippen LogP contribution is -2.05. The van der Waals surface area contributed by atoms with E-state index in [0.29, 0.717) is 5.92 Å². The van der Waals surface area contributed by atoms with Gasteiger partial charge >= 0.3 is 0 Å². The molecule has 82 valence electrons. The van der Waals surface area contributed by atoms with Crippen molar-refractivity contribution in [1.82, 2.24) is 0 Å². The molecule has 0 radical (unpaired) electrons. The fourth-order valence-corrected chi connectivity index (χ4v) is 4.32. The molecule has 0 spiro atoms. The number of hydrogen-bond acceptors (Lipinski definition) is 3. The predicted octanol–water partition coefficient (Wildman–Crippen LogP) is 3.46. The molecule has 0 bridgehead atoms. The largest absolute Gasteiger partial charge is 0.330 e. The second-order valence-electron chi connectivity index (χ2n) is 3.85. The van der Waals surface area contributed by atoms with Gasteiger partial charge in [-0.25, -0.2) is 0 Å². The summed E-state index contributed by atoms with van der Waals surface area (Å²) in [5, 5.41) is 0. The molecule has 1 aliphatic rings. The zero-order valence-corrected chi connectivity index (χ0v) is 10.8. The van der Waals surface area contributed by atoms with Crippen molar-refractivity contribution < 1.29 is 0 Å². The highest BCUT2D eigenvalue weighted by atomic mass is 32.2. The Morgan fingerprint density at radius 1 is 1.43 bits per heavy atom. The lowest BCUT2D eigenvalue weighted by molar-refractivity contribution is 0.585. The van der Waals surface area contributed by atoms with Gasteiger partial charge in [0.25, 0.3) is 0 Å². The van der Waals surface area contributed by atoms with Crippen LogP contribution >= 0.6 is 23.5 Å². The molecule has 2 N–H and O–H groups in total. The Bertz CT molecular complexity index is 193. The summed E-state index contributed by atoms with van der Waals surface area (Å²) in [6.07, 6.45) is 3.76. The minimum atomic E-state index is 0.714. The smallest absolute Gasteiger partial charge is 0.0392 e. The van der Waals surface area contributed by atoms with E-state index in [1.165, 1.54) is 24.3 Å². The minimum absolute atomic E-state index is 0.714. The Labute approximate surface area is 96.3 Å². The van der Waals surface area contributed by atoms with Gasteiger partial charge in [-0.1, -0.05) is 12.5 Å². The quantitative estimate of drug-likeness (QED) is 0.802. The molecule has 1 fully saturated rings. The first-order valence-electron chi connectivity index (χ1n) is 5.42. The van der Waals surface area contributed by atoms with Crippen LogP contribution in [0.15, 0.2) is 9.81 Å². The first kappa shape index (κ1) is 12.5. The molecule has 1 aliphatic heterocycles. The maximum absolute atomic E-state index is 5.53. The highest BCUT2D eigenvalue weighted by molar-refractivity contribution is 8.22. The monoisotopic (exact) mass is 231 g/mol. The average Bonchev–Trinajstić information content (AvgIpc) is 2.26. The van der Waals surface area contributed by atoms with Crippen molar-refractivity contribution in [1.29, 1.82) is 0 Å². The Kier molecular flexibility index (Phi) is 6.06. The van der Waals surface area contributed by atoms with E-state index < -0.39 is 0 Å². The van der Waals surface area contributed by atoms with Gasteiger partial charge in [0.15, 0.2) is 0 Å². The third kappa shape index (κ3) is 3.87. The van der Waals surface area contributed by atoms with Crippen LogP contribution in [0.1, 0.15) is 33.1 Å². The maximum Gasteiger partial charge on any atom is 0.0392 e. The number of rotatable bonds is 4. The van der Waals surface area contributed by atoms with Crippen LogP contribution in [0.25, 0.3) is 0 Å². The molecule has 0 aromatic heterocycles. The van der Waals surface area contributed by atoms with Crippen LogP contribution in [-0.4, -0.2) is 18.1 Å². The summed E-state index contributed by atoms with van der Waals surface area (Å²) in [5.74, 6) is 3.33. The lowest BCUT2D eigenvalue weighted by Gasteiger charge is -2.20. The van der Waals surface area contributed by atoms with E-state index in [1.807, 2.05) is 23.5 Å². The zero-order chi connectivity index (χ0) is 10.4. The maximum atomic E-state index is 5.53. The first-order chi connectivity index (χ1) is 6.75. The van der Waals surface area contributed by atoms with Gasteiger partial charge < -0.3 is 5.73 Å². The summed E-state index contributed by atoms with van der Waals surface area (Å²) in [4.78, 5) is 0. The van der Waals surface area contributed by atoms with Crippen molar-refractivity contribution in [3.05, 3.63) is 9.81 Å². The van der Waals surface area contributed by atoms with Crippen LogP contribution in [0.4, 0.5) is 0 Å². The summed E-state index contributed by atoms with van der Waals surface area (Å²) in [5.41, 5.74) is 7.12. The van der Waals surface area contributed by atoms with Gasteiger partial charge in [-0.3, -0.25) is 0 Å². The first-order valence-corrected chi connectivity index (χ1v) is 7.39. The third-order valence-electron chi connectivity index (χ3n) is 2.66. The Morgan fingerprint density at radius 3 is 2.64 bits per heavy atom. The highest BCUT2D eigenvalue weighted by Crippen LogP contribution is 2.39. The average molecular weight is 231 g/mol. The fraction of sp³-hybridized carbons (Fsp3) is 0.818. The van der Waals surface area contributed by atoms with Crippen molar-refractivity contribution in [2.75, 3.05) is 18.1 Å². The van der Waals surface area contributed by atoms with Gasteiger partial charge in [0, 0.05) is 4.24 Å². The van der Waals surface area contributed by atoms with Crippen LogP contribution < -0.4 is 5.73 Å². The Morgan fingerprint density at radius 2 is 2.07 bits per heavy atom. The highest BCUT2D eigenvalue weighted by Gasteiger charge is 2.13. The minimum Gasteiger partial charge on any atom is -0.330 e. The van der Waals surface area contributed by atoms with Crippen molar-refractivity contribution in [3.63, 3.8) is 0 Å². The summed E-state index contributed by atoms with van der Waals surface area (Å²) < 4.78 is 1.58. The zero-order valence-electron chi connectivity index (χ0n) is 9.21. The standard InChI is InChI=1S/C11H21NS2/c1-9(5-3-6-12)10(2)11-13-7-4-8-14-11/h9H,3-8,12H2,1-2H3. The Hall–Kier alpha value is 0.400. The van der Waals surface area contributed by atoms with Crippen molar-refractivity contribution in [2.45, 2.75) is 33.1 Å². The topological polar surface area (TPSA) is 26.0 Å². The molecule has 0 saturated carbocycles. The van der Waals surface area contributed by atoms with Crippen molar-refractivity contribution in [2.24, 2.45) is 11.7 Å². The molecule has 3 heteroatoms. The molecular weight excluding hydrogens is 210 g/mol. The number of hydrogen-bond donors (Lipinski definition) is 1. The normalized spacial score (nSPS) is 19.5. The predicted molar refractivity (Wildman–Crippen MR) is 69.7 cm³/mol. The molecule has 0 aliphatic carbocycles. The molecule has 0 aromatic rings. The molecule has 1 saturated heterocycles. The van der Waals surface area contributed by atoms with Gasteiger partial charge in [-0.05, 0) is 50.2 Å². The molecule has 1 unspecified atom stereocenters. The van der Waals surface area contributed by atoms with Gasteiger partial charge in [0.1, 0.15) is 0 Å². The van der Waals surface area contributed by atoms with E-state index in [0.717, 1.165) is 13.0 Å². The van der Waals surface area contributed by atoms with Gasteiger partial charge in [-0.2, -0.15) is 0 Å².